The van der Waals surface area contributed by atoms with Gasteiger partial charge >= 0.3 is 0 Å². The third-order valence-corrected chi connectivity index (χ3v) is 3.88. The highest BCUT2D eigenvalue weighted by atomic mass is 35.5. The second kappa shape index (κ2) is 6.80. The molecule has 0 saturated heterocycles. The van der Waals surface area contributed by atoms with Crippen molar-refractivity contribution in [1.82, 2.24) is 15.1 Å². The number of carbonyl (C=O) groups is 1. The van der Waals surface area contributed by atoms with Crippen molar-refractivity contribution in [1.29, 1.82) is 0 Å². The van der Waals surface area contributed by atoms with Gasteiger partial charge in [0.2, 0.25) is 0 Å². The standard InChI is InChI=1S/C17H13ClFN3O2/c18-13-6-3-7-14(19)15(13)16(23)20-8-9-22-17(24)12-5-2-1-4-11(12)10-21-22/h1-7,10H,8-9H2,(H,20,23). The Hall–Kier alpha value is -2.73. The Morgan fingerprint density at radius 3 is 2.79 bits per heavy atom. The van der Waals surface area contributed by atoms with Gasteiger partial charge in [0, 0.05) is 11.9 Å². The first-order chi connectivity index (χ1) is 11.6. The van der Waals surface area contributed by atoms with Crippen molar-refractivity contribution in [2.75, 3.05) is 6.54 Å². The molecule has 0 aliphatic rings. The Bertz CT molecular complexity index is 951. The van der Waals surface area contributed by atoms with E-state index in [1.165, 1.54) is 16.8 Å². The highest BCUT2D eigenvalue weighted by molar-refractivity contribution is 6.33. The average molecular weight is 346 g/mol. The smallest absolute Gasteiger partial charge is 0.274 e. The fourth-order valence-corrected chi connectivity index (χ4v) is 2.61. The van der Waals surface area contributed by atoms with Crippen LogP contribution in [0.25, 0.3) is 10.8 Å². The van der Waals surface area contributed by atoms with Gasteiger partial charge in [-0.2, -0.15) is 5.10 Å². The van der Waals surface area contributed by atoms with Crippen molar-refractivity contribution in [3.8, 4) is 0 Å². The lowest BCUT2D eigenvalue weighted by atomic mass is 10.2. The number of aromatic nitrogens is 2. The van der Waals surface area contributed by atoms with Gasteiger partial charge in [-0.15, -0.1) is 0 Å². The zero-order chi connectivity index (χ0) is 17.1. The molecule has 1 heterocycles. The maximum Gasteiger partial charge on any atom is 0.274 e. The molecule has 1 N–H and O–H groups in total. The minimum Gasteiger partial charge on any atom is -0.350 e. The molecule has 0 fully saturated rings. The van der Waals surface area contributed by atoms with Gasteiger partial charge in [-0.05, 0) is 18.2 Å². The topological polar surface area (TPSA) is 64.0 Å². The number of amides is 1. The molecule has 3 aromatic rings. The summed E-state index contributed by atoms with van der Waals surface area (Å²) in [6.45, 7) is 0.288. The predicted molar refractivity (Wildman–Crippen MR) is 89.7 cm³/mol. The summed E-state index contributed by atoms with van der Waals surface area (Å²) in [5.74, 6) is -1.33. The summed E-state index contributed by atoms with van der Waals surface area (Å²) in [5.41, 5.74) is -0.454. The van der Waals surface area contributed by atoms with Gasteiger partial charge in [-0.3, -0.25) is 9.59 Å². The van der Waals surface area contributed by atoms with Crippen LogP contribution in [0.4, 0.5) is 4.39 Å². The highest BCUT2D eigenvalue weighted by Crippen LogP contribution is 2.18. The van der Waals surface area contributed by atoms with E-state index in [1.807, 2.05) is 6.07 Å². The van der Waals surface area contributed by atoms with Crippen LogP contribution in [0, 0.1) is 5.82 Å². The van der Waals surface area contributed by atoms with Gasteiger partial charge in [0.05, 0.1) is 28.7 Å². The number of fused-ring (bicyclic) bond motifs is 1. The average Bonchev–Trinajstić information content (AvgIpc) is 2.57. The van der Waals surface area contributed by atoms with Crippen molar-refractivity contribution in [2.45, 2.75) is 6.54 Å². The minimum absolute atomic E-state index is 0.0356. The lowest BCUT2D eigenvalue weighted by Gasteiger charge is -2.09. The molecule has 1 aromatic heterocycles. The van der Waals surface area contributed by atoms with Crippen molar-refractivity contribution >= 4 is 28.3 Å². The number of nitrogens with zero attached hydrogens (tertiary/aromatic N) is 2. The molecule has 0 spiro atoms. The van der Waals surface area contributed by atoms with E-state index in [1.54, 1.807) is 24.4 Å². The van der Waals surface area contributed by atoms with Crippen molar-refractivity contribution in [2.24, 2.45) is 0 Å². The maximum absolute atomic E-state index is 13.7. The summed E-state index contributed by atoms with van der Waals surface area (Å²) in [6.07, 6.45) is 1.59. The summed E-state index contributed by atoms with van der Waals surface area (Å²) in [5, 5.41) is 7.94. The van der Waals surface area contributed by atoms with Crippen LogP contribution in [0.2, 0.25) is 5.02 Å². The Kier molecular flexibility index (Phi) is 4.57. The fourth-order valence-electron chi connectivity index (χ4n) is 2.37. The Labute approximate surface area is 141 Å². The van der Waals surface area contributed by atoms with Crippen LogP contribution in [0.1, 0.15) is 10.4 Å². The number of nitrogens with one attached hydrogen (secondary N) is 1. The van der Waals surface area contributed by atoms with E-state index < -0.39 is 11.7 Å². The molecule has 0 aliphatic carbocycles. The third-order valence-electron chi connectivity index (χ3n) is 3.56. The molecule has 24 heavy (non-hydrogen) atoms. The van der Waals surface area contributed by atoms with Crippen LogP contribution < -0.4 is 10.9 Å². The quantitative estimate of drug-likeness (QED) is 0.790. The first-order valence-electron chi connectivity index (χ1n) is 7.25. The molecule has 0 radical (unpaired) electrons. The molecule has 0 bridgehead atoms. The zero-order valence-corrected chi connectivity index (χ0v) is 13.3. The lowest BCUT2D eigenvalue weighted by Crippen LogP contribution is -2.32. The minimum atomic E-state index is -0.694. The number of halogens is 2. The van der Waals surface area contributed by atoms with Crippen LogP contribution in [-0.2, 0) is 6.54 Å². The zero-order valence-electron chi connectivity index (χ0n) is 12.5. The highest BCUT2D eigenvalue weighted by Gasteiger charge is 2.15. The van der Waals surface area contributed by atoms with Crippen LogP contribution in [-0.4, -0.2) is 22.2 Å². The predicted octanol–water partition coefficient (Wildman–Crippen LogP) is 2.62. The summed E-state index contributed by atoms with van der Waals surface area (Å²) >= 11 is 5.84. The van der Waals surface area contributed by atoms with Gasteiger partial charge in [-0.1, -0.05) is 35.9 Å². The monoisotopic (exact) mass is 345 g/mol. The Morgan fingerprint density at radius 2 is 2.00 bits per heavy atom. The second-order valence-electron chi connectivity index (χ2n) is 5.11. The fraction of sp³-hybridized carbons (Fsp3) is 0.118. The molecule has 0 saturated carbocycles. The van der Waals surface area contributed by atoms with E-state index in [0.717, 1.165) is 11.5 Å². The maximum atomic E-state index is 13.7. The second-order valence-corrected chi connectivity index (χ2v) is 5.52. The molecule has 0 aliphatic heterocycles. The Morgan fingerprint density at radius 1 is 1.21 bits per heavy atom. The molecule has 0 atom stereocenters. The first kappa shape index (κ1) is 16.1. The van der Waals surface area contributed by atoms with Gasteiger partial charge in [0.25, 0.3) is 11.5 Å². The summed E-state index contributed by atoms with van der Waals surface area (Å²) in [4.78, 5) is 24.3. The van der Waals surface area contributed by atoms with E-state index in [9.17, 15) is 14.0 Å². The van der Waals surface area contributed by atoms with Crippen LogP contribution >= 0.6 is 11.6 Å². The van der Waals surface area contributed by atoms with Crippen LogP contribution in [0.5, 0.6) is 0 Å². The van der Waals surface area contributed by atoms with E-state index in [-0.39, 0.29) is 29.2 Å². The van der Waals surface area contributed by atoms with Crippen molar-refractivity contribution in [3.05, 3.63) is 75.4 Å². The SMILES string of the molecule is O=C(NCCn1ncc2ccccc2c1=O)c1c(F)cccc1Cl. The number of benzene rings is 2. The Balaban J connectivity index is 1.72. The number of rotatable bonds is 4. The summed E-state index contributed by atoms with van der Waals surface area (Å²) in [6, 6.07) is 11.1. The number of carbonyl (C=O) groups excluding carboxylic acids is 1. The molecule has 2 aromatic carbocycles. The number of hydrogen-bond donors (Lipinski definition) is 1. The summed E-state index contributed by atoms with van der Waals surface area (Å²) in [7, 11) is 0. The lowest BCUT2D eigenvalue weighted by molar-refractivity contribution is 0.0948. The molecule has 0 unspecified atom stereocenters. The molecule has 7 heteroatoms. The largest absolute Gasteiger partial charge is 0.350 e. The molecule has 5 nitrogen and oxygen atoms in total. The van der Waals surface area contributed by atoms with E-state index in [2.05, 4.69) is 10.4 Å². The van der Waals surface area contributed by atoms with Crippen molar-refractivity contribution in [3.63, 3.8) is 0 Å². The van der Waals surface area contributed by atoms with E-state index in [4.69, 9.17) is 11.6 Å². The third kappa shape index (κ3) is 3.14. The summed E-state index contributed by atoms with van der Waals surface area (Å²) < 4.78 is 14.9. The van der Waals surface area contributed by atoms with Crippen LogP contribution in [0.3, 0.4) is 0 Å². The van der Waals surface area contributed by atoms with Gasteiger partial charge in [0.15, 0.2) is 0 Å². The first-order valence-corrected chi connectivity index (χ1v) is 7.63. The molecule has 1 amide bonds. The number of hydrogen-bond acceptors (Lipinski definition) is 3. The van der Waals surface area contributed by atoms with Gasteiger partial charge in [-0.25, -0.2) is 9.07 Å². The van der Waals surface area contributed by atoms with E-state index in [0.29, 0.717) is 5.39 Å². The van der Waals surface area contributed by atoms with Gasteiger partial charge in [0.1, 0.15) is 5.82 Å². The van der Waals surface area contributed by atoms with Gasteiger partial charge < -0.3 is 5.32 Å². The normalized spacial score (nSPS) is 10.8. The molecule has 122 valence electrons. The van der Waals surface area contributed by atoms with E-state index >= 15 is 0 Å². The molecule has 3 rings (SSSR count). The molecular formula is C17H13ClFN3O2. The molecular weight excluding hydrogens is 333 g/mol. The van der Waals surface area contributed by atoms with Crippen molar-refractivity contribution < 1.29 is 9.18 Å². The van der Waals surface area contributed by atoms with Crippen LogP contribution in [0.15, 0.2) is 53.5 Å².